The Kier molecular flexibility index (Phi) is 4.92. The van der Waals surface area contributed by atoms with Crippen molar-refractivity contribution in [1.82, 2.24) is 0 Å². The highest BCUT2D eigenvalue weighted by molar-refractivity contribution is 5.98. The van der Waals surface area contributed by atoms with Crippen molar-refractivity contribution in [2.24, 2.45) is 17.3 Å². The minimum absolute atomic E-state index is 0.0145. The molecular weight excluding hydrogens is 286 g/mol. The van der Waals surface area contributed by atoms with Crippen molar-refractivity contribution in [2.45, 2.75) is 48.0 Å². The fraction of sp³-hybridized carbons (Fsp3) is 0.632. The van der Waals surface area contributed by atoms with E-state index in [-0.39, 0.29) is 5.91 Å². The van der Waals surface area contributed by atoms with Crippen molar-refractivity contribution in [3.63, 3.8) is 0 Å². The van der Waals surface area contributed by atoms with E-state index in [1.807, 2.05) is 32.9 Å². The number of benzene rings is 1. The number of anilines is 3. The molecule has 2 unspecified atom stereocenters. The zero-order chi connectivity index (χ0) is 17.4. The number of nitrogens with one attached hydrogen (secondary N) is 1. The summed E-state index contributed by atoms with van der Waals surface area (Å²) in [6.07, 6.45) is 1.28. The second-order valence-electron chi connectivity index (χ2n) is 8.28. The Morgan fingerprint density at radius 1 is 1.22 bits per heavy atom. The second kappa shape index (κ2) is 6.42. The summed E-state index contributed by atoms with van der Waals surface area (Å²) in [4.78, 5) is 14.7. The van der Waals surface area contributed by atoms with E-state index in [0.29, 0.717) is 17.5 Å². The van der Waals surface area contributed by atoms with E-state index in [4.69, 9.17) is 5.73 Å². The van der Waals surface area contributed by atoms with Crippen LogP contribution in [0.15, 0.2) is 12.1 Å². The van der Waals surface area contributed by atoms with E-state index < -0.39 is 5.41 Å². The number of hydrogen-bond donors (Lipinski definition) is 2. The summed E-state index contributed by atoms with van der Waals surface area (Å²) in [6, 6.07) is 4.01. The van der Waals surface area contributed by atoms with Gasteiger partial charge in [0.2, 0.25) is 5.91 Å². The monoisotopic (exact) mass is 317 g/mol. The molecular formula is C19H31N3O. The second-order valence-corrected chi connectivity index (χ2v) is 8.28. The Morgan fingerprint density at radius 3 is 2.30 bits per heavy atom. The van der Waals surface area contributed by atoms with Crippen LogP contribution in [-0.2, 0) is 4.79 Å². The number of nitrogens with two attached hydrogens (primary N) is 1. The largest absolute Gasteiger partial charge is 0.397 e. The first-order valence-corrected chi connectivity index (χ1v) is 8.54. The van der Waals surface area contributed by atoms with Gasteiger partial charge in [-0.1, -0.05) is 34.6 Å². The van der Waals surface area contributed by atoms with E-state index in [1.54, 1.807) is 0 Å². The van der Waals surface area contributed by atoms with Gasteiger partial charge in [0.1, 0.15) is 0 Å². The first-order chi connectivity index (χ1) is 10.6. The molecule has 3 N–H and O–H groups in total. The summed E-state index contributed by atoms with van der Waals surface area (Å²) in [5, 5.41) is 2.99. The lowest BCUT2D eigenvalue weighted by atomic mass is 9.91. The highest BCUT2D eigenvalue weighted by Crippen LogP contribution is 2.34. The molecule has 2 atom stereocenters. The van der Waals surface area contributed by atoms with Crippen molar-refractivity contribution in [3.8, 4) is 0 Å². The number of rotatable bonds is 2. The van der Waals surface area contributed by atoms with Gasteiger partial charge >= 0.3 is 0 Å². The summed E-state index contributed by atoms with van der Waals surface area (Å²) in [5.74, 6) is 1.35. The maximum atomic E-state index is 12.3. The molecule has 1 fully saturated rings. The van der Waals surface area contributed by atoms with Gasteiger partial charge in [0.05, 0.1) is 11.4 Å². The molecule has 23 heavy (non-hydrogen) atoms. The Hall–Kier alpha value is -1.71. The average Bonchev–Trinajstić information content (AvgIpc) is 2.39. The van der Waals surface area contributed by atoms with Gasteiger partial charge in [-0.25, -0.2) is 0 Å². The molecule has 0 aliphatic carbocycles. The number of nitrogen functional groups attached to an aromatic ring is 1. The first kappa shape index (κ1) is 17.6. The molecule has 1 aromatic rings. The Morgan fingerprint density at radius 2 is 1.78 bits per heavy atom. The third-order valence-corrected chi connectivity index (χ3v) is 4.51. The van der Waals surface area contributed by atoms with Crippen molar-refractivity contribution in [3.05, 3.63) is 17.7 Å². The van der Waals surface area contributed by atoms with Crippen LogP contribution in [0.2, 0.25) is 0 Å². The number of carbonyl (C=O) groups excluding carboxylic acids is 1. The smallest absolute Gasteiger partial charge is 0.229 e. The Bertz CT molecular complexity index is 579. The molecule has 128 valence electrons. The van der Waals surface area contributed by atoms with Crippen LogP contribution in [0.4, 0.5) is 17.1 Å². The maximum Gasteiger partial charge on any atom is 0.229 e. The SMILES string of the molecule is Cc1cc(N)c(NC(=O)C(C)(C)C)cc1N1CC(C)CC(C)C1. The topological polar surface area (TPSA) is 58.4 Å². The minimum atomic E-state index is -0.439. The summed E-state index contributed by atoms with van der Waals surface area (Å²) in [6.45, 7) is 14.5. The van der Waals surface area contributed by atoms with Crippen molar-refractivity contribution in [1.29, 1.82) is 0 Å². The molecule has 1 aromatic carbocycles. The number of aryl methyl sites for hydroxylation is 1. The van der Waals surface area contributed by atoms with Crippen molar-refractivity contribution in [2.75, 3.05) is 29.0 Å². The third kappa shape index (κ3) is 4.18. The highest BCUT2D eigenvalue weighted by Gasteiger charge is 2.25. The number of piperidine rings is 1. The van der Waals surface area contributed by atoms with Crippen LogP contribution in [0.5, 0.6) is 0 Å². The first-order valence-electron chi connectivity index (χ1n) is 8.54. The van der Waals surface area contributed by atoms with Crippen LogP contribution in [0.25, 0.3) is 0 Å². The van der Waals surface area contributed by atoms with Gasteiger partial charge in [-0.05, 0) is 42.9 Å². The Balaban J connectivity index is 2.31. The molecule has 1 heterocycles. The lowest BCUT2D eigenvalue weighted by Crippen LogP contribution is -2.39. The maximum absolute atomic E-state index is 12.3. The standard InChI is InChI=1S/C19H31N3O/c1-12-7-13(2)11-22(10-12)17-9-16(15(20)8-14(17)3)21-18(23)19(4,5)6/h8-9,12-13H,7,10-11,20H2,1-6H3,(H,21,23). The minimum Gasteiger partial charge on any atom is -0.397 e. The summed E-state index contributed by atoms with van der Waals surface area (Å²) < 4.78 is 0. The molecule has 0 aromatic heterocycles. The van der Waals surface area contributed by atoms with Gasteiger partial charge in [0, 0.05) is 24.2 Å². The molecule has 4 heteroatoms. The van der Waals surface area contributed by atoms with E-state index in [9.17, 15) is 4.79 Å². The number of hydrogen-bond acceptors (Lipinski definition) is 3. The van der Waals surface area contributed by atoms with Gasteiger partial charge in [0.15, 0.2) is 0 Å². The van der Waals surface area contributed by atoms with Crippen LogP contribution in [0, 0.1) is 24.2 Å². The van der Waals surface area contributed by atoms with Crippen LogP contribution < -0.4 is 16.0 Å². The number of amides is 1. The average molecular weight is 317 g/mol. The predicted molar refractivity (Wildman–Crippen MR) is 98.8 cm³/mol. The van der Waals surface area contributed by atoms with Crippen molar-refractivity contribution >= 4 is 23.0 Å². The molecule has 0 saturated carbocycles. The molecule has 4 nitrogen and oxygen atoms in total. The molecule has 0 radical (unpaired) electrons. The Labute approximate surface area is 140 Å². The van der Waals surface area contributed by atoms with Gasteiger partial charge in [-0.2, -0.15) is 0 Å². The lowest BCUT2D eigenvalue weighted by Gasteiger charge is -2.37. The summed E-state index contributed by atoms with van der Waals surface area (Å²) in [7, 11) is 0. The van der Waals surface area contributed by atoms with Crippen molar-refractivity contribution < 1.29 is 4.79 Å². The lowest BCUT2D eigenvalue weighted by molar-refractivity contribution is -0.123. The summed E-state index contributed by atoms with van der Waals surface area (Å²) in [5.41, 5.74) is 9.39. The molecule has 0 bridgehead atoms. The third-order valence-electron chi connectivity index (χ3n) is 4.51. The van der Waals surface area contributed by atoms with Crippen LogP contribution in [-0.4, -0.2) is 19.0 Å². The van der Waals surface area contributed by atoms with Gasteiger partial charge < -0.3 is 16.0 Å². The molecule has 1 amide bonds. The quantitative estimate of drug-likeness (QED) is 0.809. The fourth-order valence-electron chi connectivity index (χ4n) is 3.34. The zero-order valence-corrected chi connectivity index (χ0v) is 15.4. The predicted octanol–water partition coefficient (Wildman–Crippen LogP) is 4.04. The van der Waals surface area contributed by atoms with E-state index >= 15 is 0 Å². The van der Waals surface area contributed by atoms with Gasteiger partial charge in [-0.15, -0.1) is 0 Å². The normalized spacial score (nSPS) is 22.1. The molecule has 1 aliphatic rings. The van der Waals surface area contributed by atoms with Crippen LogP contribution in [0.1, 0.15) is 46.6 Å². The molecule has 1 saturated heterocycles. The highest BCUT2D eigenvalue weighted by atomic mass is 16.2. The van der Waals surface area contributed by atoms with E-state index in [2.05, 4.69) is 31.0 Å². The summed E-state index contributed by atoms with van der Waals surface area (Å²) >= 11 is 0. The van der Waals surface area contributed by atoms with E-state index in [1.165, 1.54) is 12.1 Å². The number of carbonyl (C=O) groups is 1. The van der Waals surface area contributed by atoms with E-state index in [0.717, 1.165) is 24.3 Å². The van der Waals surface area contributed by atoms with Gasteiger partial charge in [0.25, 0.3) is 0 Å². The molecule has 2 rings (SSSR count). The zero-order valence-electron chi connectivity index (χ0n) is 15.4. The van der Waals surface area contributed by atoms with Gasteiger partial charge in [-0.3, -0.25) is 4.79 Å². The molecule has 1 aliphatic heterocycles. The van der Waals surface area contributed by atoms with Crippen LogP contribution >= 0.6 is 0 Å². The molecule has 0 spiro atoms. The fourth-order valence-corrected chi connectivity index (χ4v) is 3.34. The van der Waals surface area contributed by atoms with Crippen LogP contribution in [0.3, 0.4) is 0 Å². The number of nitrogens with zero attached hydrogens (tertiary/aromatic N) is 1.